The molecule has 0 bridgehead atoms. The van der Waals surface area contributed by atoms with E-state index in [1.165, 1.54) is 0 Å². The van der Waals surface area contributed by atoms with E-state index in [-0.39, 0.29) is 24.0 Å². The van der Waals surface area contributed by atoms with Crippen molar-refractivity contribution < 1.29 is 14.3 Å². The van der Waals surface area contributed by atoms with Gasteiger partial charge in [0.15, 0.2) is 6.61 Å². The number of carbonyl (C=O) groups is 2. The summed E-state index contributed by atoms with van der Waals surface area (Å²) in [6, 6.07) is 16.5. The van der Waals surface area contributed by atoms with Gasteiger partial charge >= 0.3 is 0 Å². The first kappa shape index (κ1) is 22.2. The summed E-state index contributed by atoms with van der Waals surface area (Å²) >= 11 is 2.21. The number of nitrogens with zero attached hydrogens (tertiary/aromatic N) is 1. The molecule has 150 valence electrons. The van der Waals surface area contributed by atoms with E-state index in [1.54, 1.807) is 11.8 Å². The molecule has 0 saturated heterocycles. The largest absolute Gasteiger partial charge is 0.484 e. The van der Waals surface area contributed by atoms with Gasteiger partial charge in [0.05, 0.1) is 0 Å². The second kappa shape index (κ2) is 9.91. The fourth-order valence-corrected chi connectivity index (χ4v) is 2.96. The molecular formula is C22H27IN2O3. The molecule has 5 nitrogen and oxygen atoms in total. The smallest absolute Gasteiger partial charge is 0.261 e. The first-order valence-corrected chi connectivity index (χ1v) is 10.3. The molecule has 2 aromatic carbocycles. The maximum atomic E-state index is 12.9. The monoisotopic (exact) mass is 494 g/mol. The molecule has 0 unspecified atom stereocenters. The van der Waals surface area contributed by atoms with E-state index in [0.29, 0.717) is 12.3 Å². The lowest BCUT2D eigenvalue weighted by Gasteiger charge is -2.31. The van der Waals surface area contributed by atoms with E-state index in [2.05, 4.69) is 27.9 Å². The van der Waals surface area contributed by atoms with E-state index < -0.39 is 6.04 Å². The van der Waals surface area contributed by atoms with Crippen molar-refractivity contribution in [2.75, 3.05) is 6.61 Å². The van der Waals surface area contributed by atoms with Gasteiger partial charge in [0.2, 0.25) is 5.91 Å². The third kappa shape index (κ3) is 7.14. The Kier molecular flexibility index (Phi) is 7.86. The predicted octanol–water partition coefficient (Wildman–Crippen LogP) is 4.00. The minimum atomic E-state index is -0.618. The molecule has 0 saturated carbocycles. The molecule has 0 aliphatic heterocycles. The van der Waals surface area contributed by atoms with Crippen LogP contribution >= 0.6 is 22.6 Å². The summed E-state index contributed by atoms with van der Waals surface area (Å²) in [7, 11) is 0. The lowest BCUT2D eigenvalue weighted by atomic mass is 10.1. The molecule has 0 spiro atoms. The van der Waals surface area contributed by atoms with Gasteiger partial charge in [-0.25, -0.2) is 0 Å². The van der Waals surface area contributed by atoms with Gasteiger partial charge in [0.25, 0.3) is 5.91 Å². The second-order valence-corrected chi connectivity index (χ2v) is 8.91. The number of amides is 2. The molecule has 0 aliphatic rings. The van der Waals surface area contributed by atoms with Gasteiger partial charge in [-0.2, -0.15) is 0 Å². The van der Waals surface area contributed by atoms with Gasteiger partial charge in [-0.1, -0.05) is 30.3 Å². The van der Waals surface area contributed by atoms with Gasteiger partial charge in [-0.05, 0) is 80.1 Å². The van der Waals surface area contributed by atoms with Crippen LogP contribution in [0.2, 0.25) is 0 Å². The lowest BCUT2D eigenvalue weighted by molar-refractivity contribution is -0.142. The highest BCUT2D eigenvalue weighted by atomic mass is 127. The zero-order chi connectivity index (χ0) is 20.7. The quantitative estimate of drug-likeness (QED) is 0.593. The van der Waals surface area contributed by atoms with Crippen LogP contribution < -0.4 is 10.1 Å². The Morgan fingerprint density at radius 3 is 2.25 bits per heavy atom. The molecule has 0 heterocycles. The number of hydrogen-bond acceptors (Lipinski definition) is 3. The molecular weight excluding hydrogens is 467 g/mol. The van der Waals surface area contributed by atoms with Crippen LogP contribution in [0.5, 0.6) is 5.75 Å². The molecule has 0 aromatic heterocycles. The molecule has 2 rings (SSSR count). The van der Waals surface area contributed by atoms with E-state index in [9.17, 15) is 9.59 Å². The number of ether oxygens (including phenoxy) is 1. The average molecular weight is 494 g/mol. The first-order chi connectivity index (χ1) is 13.2. The summed E-state index contributed by atoms with van der Waals surface area (Å²) in [6.07, 6.45) is 0. The number of halogens is 1. The molecule has 2 aromatic rings. The zero-order valence-corrected chi connectivity index (χ0v) is 18.9. The molecule has 1 atom stereocenters. The number of nitrogens with one attached hydrogen (secondary N) is 1. The van der Waals surface area contributed by atoms with Crippen LogP contribution in [0.4, 0.5) is 0 Å². The van der Waals surface area contributed by atoms with Crippen LogP contribution in [0.3, 0.4) is 0 Å². The molecule has 2 amide bonds. The van der Waals surface area contributed by atoms with Crippen molar-refractivity contribution >= 4 is 34.4 Å². The minimum Gasteiger partial charge on any atom is -0.484 e. The SMILES string of the molecule is C[C@@H](C(=O)NC(C)(C)C)N(Cc1ccccc1)C(=O)COc1ccc(I)cc1. The summed E-state index contributed by atoms with van der Waals surface area (Å²) in [4.78, 5) is 27.1. The predicted molar refractivity (Wildman–Crippen MR) is 119 cm³/mol. The summed E-state index contributed by atoms with van der Waals surface area (Å²) in [5.74, 6) is 0.199. The average Bonchev–Trinajstić information content (AvgIpc) is 2.64. The van der Waals surface area contributed by atoms with Gasteiger partial charge in [0, 0.05) is 15.7 Å². The fraction of sp³-hybridized carbons (Fsp3) is 0.364. The Morgan fingerprint density at radius 2 is 1.68 bits per heavy atom. The number of rotatable bonds is 7. The van der Waals surface area contributed by atoms with E-state index in [1.807, 2.05) is 75.4 Å². The Labute approximate surface area is 180 Å². The fourth-order valence-electron chi connectivity index (χ4n) is 2.60. The summed E-state index contributed by atoms with van der Waals surface area (Å²) in [5.41, 5.74) is 0.588. The van der Waals surface area contributed by atoms with Gasteiger partial charge in [0.1, 0.15) is 11.8 Å². The van der Waals surface area contributed by atoms with Crippen LogP contribution in [0.25, 0.3) is 0 Å². The number of carbonyl (C=O) groups excluding carboxylic acids is 2. The number of hydrogen-bond donors (Lipinski definition) is 1. The van der Waals surface area contributed by atoms with Gasteiger partial charge in [-0.15, -0.1) is 0 Å². The van der Waals surface area contributed by atoms with Crippen LogP contribution in [-0.4, -0.2) is 34.9 Å². The van der Waals surface area contributed by atoms with Gasteiger partial charge < -0.3 is 15.0 Å². The van der Waals surface area contributed by atoms with Crippen molar-refractivity contribution in [3.63, 3.8) is 0 Å². The molecule has 28 heavy (non-hydrogen) atoms. The number of benzene rings is 2. The highest BCUT2D eigenvalue weighted by molar-refractivity contribution is 14.1. The second-order valence-electron chi connectivity index (χ2n) is 7.67. The van der Waals surface area contributed by atoms with E-state index >= 15 is 0 Å². The Balaban J connectivity index is 2.12. The molecule has 0 fully saturated rings. The third-order valence-corrected chi connectivity index (χ3v) is 4.76. The van der Waals surface area contributed by atoms with Crippen molar-refractivity contribution in [3.8, 4) is 5.75 Å². The van der Waals surface area contributed by atoms with Crippen molar-refractivity contribution in [2.24, 2.45) is 0 Å². The maximum absolute atomic E-state index is 12.9. The van der Waals surface area contributed by atoms with E-state index in [4.69, 9.17) is 4.74 Å². The topological polar surface area (TPSA) is 58.6 Å². The van der Waals surface area contributed by atoms with Crippen LogP contribution in [-0.2, 0) is 16.1 Å². The highest BCUT2D eigenvalue weighted by Gasteiger charge is 2.28. The van der Waals surface area contributed by atoms with Crippen molar-refractivity contribution in [3.05, 3.63) is 63.7 Å². The minimum absolute atomic E-state index is 0.124. The standard InChI is InChI=1S/C22H27IN2O3/c1-16(21(27)24-22(2,3)4)25(14-17-8-6-5-7-9-17)20(26)15-28-19-12-10-18(23)11-13-19/h5-13,16H,14-15H2,1-4H3,(H,24,27)/t16-/m0/s1. The molecule has 1 N–H and O–H groups in total. The highest BCUT2D eigenvalue weighted by Crippen LogP contribution is 2.15. The normalized spacial score (nSPS) is 12.2. The Hall–Kier alpha value is -2.09. The summed E-state index contributed by atoms with van der Waals surface area (Å²) in [5, 5.41) is 2.95. The maximum Gasteiger partial charge on any atom is 0.261 e. The van der Waals surface area contributed by atoms with E-state index in [0.717, 1.165) is 9.13 Å². The van der Waals surface area contributed by atoms with Crippen LogP contribution in [0.1, 0.15) is 33.3 Å². The molecule has 0 aliphatic carbocycles. The van der Waals surface area contributed by atoms with Crippen LogP contribution in [0.15, 0.2) is 54.6 Å². The van der Waals surface area contributed by atoms with Crippen molar-refractivity contribution in [2.45, 2.75) is 45.8 Å². The summed E-state index contributed by atoms with van der Waals surface area (Å²) in [6.45, 7) is 7.71. The zero-order valence-electron chi connectivity index (χ0n) is 16.7. The third-order valence-electron chi connectivity index (χ3n) is 4.04. The lowest BCUT2D eigenvalue weighted by Crippen LogP contribution is -2.53. The molecule has 6 heteroatoms. The first-order valence-electron chi connectivity index (χ1n) is 9.19. The van der Waals surface area contributed by atoms with Gasteiger partial charge in [-0.3, -0.25) is 9.59 Å². The molecule has 0 radical (unpaired) electrons. The Morgan fingerprint density at radius 1 is 1.07 bits per heavy atom. The van der Waals surface area contributed by atoms with Crippen molar-refractivity contribution in [1.29, 1.82) is 0 Å². The Bertz CT molecular complexity index is 786. The van der Waals surface area contributed by atoms with Crippen LogP contribution in [0, 0.1) is 3.57 Å². The summed E-state index contributed by atoms with van der Waals surface area (Å²) < 4.78 is 6.74. The van der Waals surface area contributed by atoms with Crippen molar-refractivity contribution in [1.82, 2.24) is 10.2 Å².